The van der Waals surface area contributed by atoms with Crippen LogP contribution in [0, 0.1) is 11.3 Å². The summed E-state index contributed by atoms with van der Waals surface area (Å²) >= 11 is 1.71. The topological polar surface area (TPSA) is 52.8 Å². The van der Waals surface area contributed by atoms with E-state index >= 15 is 0 Å². The van der Waals surface area contributed by atoms with Gasteiger partial charge in [0.05, 0.1) is 11.7 Å². The van der Waals surface area contributed by atoms with Crippen LogP contribution in [0.1, 0.15) is 48.5 Å². The number of hydrogen-bond acceptors (Lipinski definition) is 5. The predicted molar refractivity (Wildman–Crippen MR) is 86.6 cm³/mol. The third-order valence-corrected chi connectivity index (χ3v) is 4.85. The molecule has 0 aliphatic carbocycles. The van der Waals surface area contributed by atoms with Gasteiger partial charge in [-0.15, -0.1) is 16.4 Å². The summed E-state index contributed by atoms with van der Waals surface area (Å²) in [5.41, 5.74) is 2.61. The van der Waals surface area contributed by atoms with Gasteiger partial charge in [0, 0.05) is 11.9 Å². The van der Waals surface area contributed by atoms with E-state index in [1.165, 1.54) is 4.88 Å². The molecule has 21 heavy (non-hydrogen) atoms. The van der Waals surface area contributed by atoms with Crippen LogP contribution in [0.5, 0.6) is 0 Å². The molecule has 0 aromatic carbocycles. The van der Waals surface area contributed by atoms with Gasteiger partial charge in [0.25, 0.3) is 0 Å². The van der Waals surface area contributed by atoms with Crippen LogP contribution >= 0.6 is 11.3 Å². The van der Waals surface area contributed by atoms with E-state index in [0.29, 0.717) is 11.4 Å². The Labute approximate surface area is 130 Å². The van der Waals surface area contributed by atoms with E-state index in [4.69, 9.17) is 0 Å². The molecule has 4 nitrogen and oxygen atoms in total. The Morgan fingerprint density at radius 1 is 1.33 bits per heavy atom. The molecule has 0 saturated carbocycles. The Hall–Kier alpha value is -1.93. The number of hydrogen-bond donors (Lipinski definition) is 0. The third-order valence-electron chi connectivity index (χ3n) is 3.81. The summed E-state index contributed by atoms with van der Waals surface area (Å²) < 4.78 is 0. The molecule has 0 aliphatic heterocycles. The van der Waals surface area contributed by atoms with Gasteiger partial charge in [-0.1, -0.05) is 19.9 Å². The highest BCUT2D eigenvalue weighted by Crippen LogP contribution is 2.30. The van der Waals surface area contributed by atoms with Crippen molar-refractivity contribution in [2.45, 2.75) is 39.7 Å². The van der Waals surface area contributed by atoms with Gasteiger partial charge in [0.1, 0.15) is 11.6 Å². The van der Waals surface area contributed by atoms with Crippen molar-refractivity contribution >= 4 is 17.2 Å². The van der Waals surface area contributed by atoms with Crippen molar-refractivity contribution in [3.63, 3.8) is 0 Å². The fourth-order valence-corrected chi connectivity index (χ4v) is 3.26. The molecule has 0 spiro atoms. The minimum Gasteiger partial charge on any atom is -0.350 e. The number of aromatic nitrogens is 2. The summed E-state index contributed by atoms with van der Waals surface area (Å²) in [7, 11) is 1.97. The quantitative estimate of drug-likeness (QED) is 0.844. The molecular formula is C16H20N4S. The monoisotopic (exact) mass is 300 g/mol. The second-order valence-electron chi connectivity index (χ2n) is 4.95. The van der Waals surface area contributed by atoms with E-state index in [9.17, 15) is 5.26 Å². The molecule has 0 aliphatic rings. The lowest BCUT2D eigenvalue weighted by molar-refractivity contribution is 0.722. The van der Waals surface area contributed by atoms with Crippen molar-refractivity contribution in [3.8, 4) is 6.07 Å². The molecule has 0 saturated heterocycles. The number of anilines is 1. The van der Waals surface area contributed by atoms with Gasteiger partial charge in [-0.25, -0.2) is 0 Å². The maximum atomic E-state index is 9.57. The van der Waals surface area contributed by atoms with Crippen LogP contribution in [-0.2, 0) is 12.8 Å². The maximum absolute atomic E-state index is 9.57. The Morgan fingerprint density at radius 3 is 2.62 bits per heavy atom. The Morgan fingerprint density at radius 2 is 2.10 bits per heavy atom. The molecule has 2 aromatic heterocycles. The van der Waals surface area contributed by atoms with Crippen molar-refractivity contribution < 1.29 is 0 Å². The summed E-state index contributed by atoms with van der Waals surface area (Å²) in [6.45, 7) is 6.22. The van der Waals surface area contributed by atoms with E-state index in [1.54, 1.807) is 11.3 Å². The summed E-state index contributed by atoms with van der Waals surface area (Å²) in [5, 5.41) is 20.3. The Bertz CT molecular complexity index is 643. The predicted octanol–water partition coefficient (Wildman–Crippen LogP) is 3.73. The van der Waals surface area contributed by atoms with Crippen molar-refractivity contribution in [3.05, 3.63) is 39.2 Å². The standard InChI is InChI=1S/C16H20N4S/c1-5-12-13(10-17)16(19-18-14(12)6-2)20(4)11(3)15-8-7-9-21-15/h7-9,11H,5-6H2,1-4H3. The summed E-state index contributed by atoms with van der Waals surface area (Å²) in [6, 6.07) is 6.64. The molecule has 0 amide bonds. The Balaban J connectivity index is 2.46. The van der Waals surface area contributed by atoms with Crippen LogP contribution in [0.3, 0.4) is 0 Å². The summed E-state index contributed by atoms with van der Waals surface area (Å²) in [5.74, 6) is 0.674. The number of rotatable bonds is 5. The average molecular weight is 300 g/mol. The molecule has 1 unspecified atom stereocenters. The first-order valence-electron chi connectivity index (χ1n) is 7.18. The van der Waals surface area contributed by atoms with Gasteiger partial charge in [0.2, 0.25) is 0 Å². The van der Waals surface area contributed by atoms with Crippen LogP contribution in [-0.4, -0.2) is 17.2 Å². The van der Waals surface area contributed by atoms with Crippen LogP contribution in [0.15, 0.2) is 17.5 Å². The van der Waals surface area contributed by atoms with Crippen molar-refractivity contribution in [2.24, 2.45) is 0 Å². The first-order valence-corrected chi connectivity index (χ1v) is 8.06. The first kappa shape index (κ1) is 15.5. The zero-order valence-corrected chi connectivity index (χ0v) is 13.7. The minimum atomic E-state index is 0.170. The zero-order chi connectivity index (χ0) is 15.4. The van der Waals surface area contributed by atoms with E-state index in [2.05, 4.69) is 41.6 Å². The fraction of sp³-hybridized carbons (Fsp3) is 0.438. The molecule has 2 rings (SSSR count). The molecule has 0 bridgehead atoms. The molecule has 110 valence electrons. The van der Waals surface area contributed by atoms with Crippen molar-refractivity contribution in [1.82, 2.24) is 10.2 Å². The van der Waals surface area contributed by atoms with Crippen LogP contribution < -0.4 is 4.90 Å². The lowest BCUT2D eigenvalue weighted by Gasteiger charge is -2.26. The van der Waals surface area contributed by atoms with E-state index in [-0.39, 0.29) is 6.04 Å². The maximum Gasteiger partial charge on any atom is 0.169 e. The lowest BCUT2D eigenvalue weighted by Crippen LogP contribution is -2.24. The molecule has 5 heteroatoms. The molecular weight excluding hydrogens is 280 g/mol. The van der Waals surface area contributed by atoms with Gasteiger partial charge in [-0.05, 0) is 36.8 Å². The third kappa shape index (κ3) is 2.91. The molecule has 0 N–H and O–H groups in total. The van der Waals surface area contributed by atoms with Crippen molar-refractivity contribution in [1.29, 1.82) is 5.26 Å². The van der Waals surface area contributed by atoms with Gasteiger partial charge < -0.3 is 4.90 Å². The van der Waals surface area contributed by atoms with Gasteiger partial charge in [-0.2, -0.15) is 10.4 Å². The van der Waals surface area contributed by atoms with Crippen molar-refractivity contribution in [2.75, 3.05) is 11.9 Å². The molecule has 1 atom stereocenters. The van der Waals surface area contributed by atoms with E-state index in [0.717, 1.165) is 24.1 Å². The minimum absolute atomic E-state index is 0.170. The molecule has 2 aromatic rings. The zero-order valence-electron chi connectivity index (χ0n) is 12.9. The van der Waals surface area contributed by atoms with Crippen LogP contribution in [0.25, 0.3) is 0 Å². The lowest BCUT2D eigenvalue weighted by atomic mass is 10.0. The smallest absolute Gasteiger partial charge is 0.169 e. The first-order chi connectivity index (χ1) is 10.1. The number of nitrogens with zero attached hydrogens (tertiary/aromatic N) is 4. The summed E-state index contributed by atoms with van der Waals surface area (Å²) in [6.07, 6.45) is 1.60. The molecule has 0 fully saturated rings. The summed E-state index contributed by atoms with van der Waals surface area (Å²) in [4.78, 5) is 3.29. The second kappa shape index (κ2) is 6.68. The number of aryl methyl sites for hydroxylation is 1. The highest BCUT2D eigenvalue weighted by molar-refractivity contribution is 7.10. The largest absolute Gasteiger partial charge is 0.350 e. The van der Waals surface area contributed by atoms with Crippen LogP contribution in [0.2, 0.25) is 0 Å². The Kier molecular flexibility index (Phi) is 4.92. The number of nitriles is 1. The fourth-order valence-electron chi connectivity index (χ4n) is 2.43. The van der Waals surface area contributed by atoms with Gasteiger partial charge >= 0.3 is 0 Å². The van der Waals surface area contributed by atoms with E-state index in [1.807, 2.05) is 24.9 Å². The van der Waals surface area contributed by atoms with Gasteiger partial charge in [-0.3, -0.25) is 0 Å². The molecule has 0 radical (unpaired) electrons. The molecule has 2 heterocycles. The number of thiophene rings is 1. The van der Waals surface area contributed by atoms with Crippen LogP contribution in [0.4, 0.5) is 5.82 Å². The van der Waals surface area contributed by atoms with E-state index < -0.39 is 0 Å². The average Bonchev–Trinajstić information content (AvgIpc) is 3.06. The second-order valence-corrected chi connectivity index (χ2v) is 5.92. The SMILES string of the molecule is CCc1nnc(N(C)C(C)c2cccs2)c(C#N)c1CC. The van der Waals surface area contributed by atoms with Gasteiger partial charge in [0.15, 0.2) is 5.82 Å². The highest BCUT2D eigenvalue weighted by Gasteiger charge is 2.21. The highest BCUT2D eigenvalue weighted by atomic mass is 32.1. The normalized spacial score (nSPS) is 12.0.